The van der Waals surface area contributed by atoms with Crippen molar-refractivity contribution < 1.29 is 14.3 Å². The first-order valence-corrected chi connectivity index (χ1v) is 6.80. The predicted molar refractivity (Wildman–Crippen MR) is 69.1 cm³/mol. The van der Waals surface area contributed by atoms with E-state index in [4.69, 9.17) is 0 Å². The Kier molecular flexibility index (Phi) is 3.05. The van der Waals surface area contributed by atoms with Gasteiger partial charge in [0.25, 0.3) is 0 Å². The number of carboxylic acids is 1. The molecule has 1 N–H and O–H groups in total. The Balaban J connectivity index is 1.72. The average molecular weight is 263 g/mol. The molecule has 3 rings (SSSR count). The molecule has 0 bridgehead atoms. The molecule has 2 fully saturated rings. The number of carbonyl (C=O) groups is 1. The van der Waals surface area contributed by atoms with Gasteiger partial charge >= 0.3 is 5.97 Å². The number of halogens is 1. The van der Waals surface area contributed by atoms with Crippen LogP contribution in [0.4, 0.5) is 4.39 Å². The first-order chi connectivity index (χ1) is 9.10. The molecule has 3 nitrogen and oxygen atoms in total. The molecule has 1 saturated carbocycles. The Morgan fingerprint density at radius 2 is 2.16 bits per heavy atom. The van der Waals surface area contributed by atoms with E-state index in [0.717, 1.165) is 31.4 Å². The maximum Gasteiger partial charge on any atom is 0.311 e. The minimum Gasteiger partial charge on any atom is -0.481 e. The lowest BCUT2D eigenvalue weighted by Gasteiger charge is -2.23. The zero-order chi connectivity index (χ0) is 13.5. The fourth-order valence-corrected chi connectivity index (χ4v) is 3.71. The maximum absolute atomic E-state index is 12.9. The van der Waals surface area contributed by atoms with Crippen LogP contribution in [0.2, 0.25) is 0 Å². The summed E-state index contributed by atoms with van der Waals surface area (Å²) in [4.78, 5) is 13.8. The van der Waals surface area contributed by atoms with Gasteiger partial charge in [-0.15, -0.1) is 0 Å². The van der Waals surface area contributed by atoms with Crippen molar-refractivity contribution in [1.82, 2.24) is 4.90 Å². The highest BCUT2D eigenvalue weighted by molar-refractivity contribution is 5.76. The van der Waals surface area contributed by atoms with Crippen molar-refractivity contribution in [1.29, 1.82) is 0 Å². The Labute approximate surface area is 112 Å². The van der Waals surface area contributed by atoms with E-state index in [2.05, 4.69) is 4.90 Å². The second-order valence-electron chi connectivity index (χ2n) is 5.85. The van der Waals surface area contributed by atoms with Crippen molar-refractivity contribution in [2.75, 3.05) is 13.1 Å². The molecule has 1 aromatic rings. The van der Waals surface area contributed by atoms with Crippen LogP contribution in [0.15, 0.2) is 24.3 Å². The minimum atomic E-state index is -0.642. The van der Waals surface area contributed by atoms with Crippen molar-refractivity contribution in [3.8, 4) is 0 Å². The van der Waals surface area contributed by atoms with Gasteiger partial charge in [-0.1, -0.05) is 18.6 Å². The number of benzene rings is 1. The topological polar surface area (TPSA) is 40.5 Å². The number of carboxylic acid groups (broad SMARTS) is 1. The molecule has 2 aliphatic rings. The smallest absolute Gasteiger partial charge is 0.311 e. The zero-order valence-electron chi connectivity index (χ0n) is 10.8. The molecule has 1 heterocycles. The van der Waals surface area contributed by atoms with Crippen LogP contribution in [0.3, 0.4) is 0 Å². The van der Waals surface area contributed by atoms with Crippen LogP contribution >= 0.6 is 0 Å². The molecule has 0 spiro atoms. The van der Waals surface area contributed by atoms with Crippen LogP contribution in [0, 0.1) is 17.2 Å². The van der Waals surface area contributed by atoms with Crippen molar-refractivity contribution >= 4 is 5.97 Å². The second kappa shape index (κ2) is 4.60. The van der Waals surface area contributed by atoms with Gasteiger partial charge in [-0.2, -0.15) is 0 Å². The maximum atomic E-state index is 12.9. The molecule has 0 radical (unpaired) electrons. The molecule has 0 unspecified atom stereocenters. The SMILES string of the molecule is O=C(O)[C@@]12CCC[C@H]1CN(Cc1ccc(F)cc1)C2. The molecular formula is C15H18FNO2. The summed E-state index contributed by atoms with van der Waals surface area (Å²) < 4.78 is 12.9. The monoisotopic (exact) mass is 263 g/mol. The predicted octanol–water partition coefficient (Wildman–Crippen LogP) is 2.51. The van der Waals surface area contributed by atoms with E-state index in [-0.39, 0.29) is 11.7 Å². The van der Waals surface area contributed by atoms with Crippen LogP contribution in [0.25, 0.3) is 0 Å². The average Bonchev–Trinajstić information content (AvgIpc) is 2.89. The third-order valence-corrected chi connectivity index (χ3v) is 4.69. The van der Waals surface area contributed by atoms with E-state index in [0.29, 0.717) is 13.1 Å². The van der Waals surface area contributed by atoms with Gasteiger partial charge in [0.05, 0.1) is 5.41 Å². The van der Waals surface area contributed by atoms with Gasteiger partial charge in [0.2, 0.25) is 0 Å². The molecule has 0 amide bonds. The van der Waals surface area contributed by atoms with E-state index in [9.17, 15) is 14.3 Å². The second-order valence-corrected chi connectivity index (χ2v) is 5.85. The zero-order valence-corrected chi connectivity index (χ0v) is 10.8. The first-order valence-electron chi connectivity index (χ1n) is 6.80. The first kappa shape index (κ1) is 12.6. The fourth-order valence-electron chi connectivity index (χ4n) is 3.71. The minimum absolute atomic E-state index is 0.232. The van der Waals surface area contributed by atoms with E-state index < -0.39 is 11.4 Å². The number of aliphatic carboxylic acids is 1. The van der Waals surface area contributed by atoms with Gasteiger partial charge in [0, 0.05) is 19.6 Å². The lowest BCUT2D eigenvalue weighted by Crippen LogP contribution is -2.35. The molecular weight excluding hydrogens is 245 g/mol. The molecule has 1 aliphatic carbocycles. The highest BCUT2D eigenvalue weighted by Gasteiger charge is 2.54. The Morgan fingerprint density at radius 1 is 1.42 bits per heavy atom. The molecule has 2 atom stereocenters. The lowest BCUT2D eigenvalue weighted by atomic mass is 9.81. The Morgan fingerprint density at radius 3 is 2.79 bits per heavy atom. The standard InChI is InChI=1S/C15H18FNO2/c16-13-5-3-11(4-6-13)8-17-9-12-2-1-7-15(12,10-17)14(18)19/h3-6,12H,1-2,7-10H2,(H,18,19)/t12-,15+/m0/s1. The normalized spacial score (nSPS) is 30.5. The Hall–Kier alpha value is -1.42. The van der Waals surface area contributed by atoms with Crippen LogP contribution < -0.4 is 0 Å². The molecule has 4 heteroatoms. The molecule has 1 aromatic carbocycles. The van der Waals surface area contributed by atoms with Crippen molar-refractivity contribution in [2.24, 2.45) is 11.3 Å². The quantitative estimate of drug-likeness (QED) is 0.911. The van der Waals surface area contributed by atoms with E-state index in [1.54, 1.807) is 12.1 Å². The summed E-state index contributed by atoms with van der Waals surface area (Å²) in [5.41, 5.74) is 0.516. The largest absolute Gasteiger partial charge is 0.481 e. The molecule has 1 aliphatic heterocycles. The van der Waals surface area contributed by atoms with Gasteiger partial charge in [-0.3, -0.25) is 9.69 Å². The van der Waals surface area contributed by atoms with Crippen LogP contribution in [-0.4, -0.2) is 29.1 Å². The summed E-state index contributed by atoms with van der Waals surface area (Å²) in [6, 6.07) is 6.46. The van der Waals surface area contributed by atoms with Crippen LogP contribution in [-0.2, 0) is 11.3 Å². The molecule has 1 saturated heterocycles. The summed E-state index contributed by atoms with van der Waals surface area (Å²) in [5, 5.41) is 9.52. The molecule has 102 valence electrons. The third-order valence-electron chi connectivity index (χ3n) is 4.69. The van der Waals surface area contributed by atoms with Gasteiger partial charge in [-0.05, 0) is 36.5 Å². The summed E-state index contributed by atoms with van der Waals surface area (Å²) in [6.07, 6.45) is 2.85. The highest BCUT2D eigenvalue weighted by Crippen LogP contribution is 2.49. The number of likely N-dealkylation sites (tertiary alicyclic amines) is 1. The number of fused-ring (bicyclic) bond motifs is 1. The molecule has 0 aromatic heterocycles. The highest BCUT2D eigenvalue weighted by atomic mass is 19.1. The van der Waals surface area contributed by atoms with E-state index >= 15 is 0 Å². The number of hydrogen-bond donors (Lipinski definition) is 1. The summed E-state index contributed by atoms with van der Waals surface area (Å²) in [7, 11) is 0. The molecule has 19 heavy (non-hydrogen) atoms. The lowest BCUT2D eigenvalue weighted by molar-refractivity contribution is -0.149. The van der Waals surface area contributed by atoms with Crippen LogP contribution in [0.5, 0.6) is 0 Å². The van der Waals surface area contributed by atoms with Crippen molar-refractivity contribution in [2.45, 2.75) is 25.8 Å². The van der Waals surface area contributed by atoms with Gasteiger partial charge < -0.3 is 5.11 Å². The van der Waals surface area contributed by atoms with Gasteiger partial charge in [0.15, 0.2) is 0 Å². The van der Waals surface area contributed by atoms with Gasteiger partial charge in [0.1, 0.15) is 5.82 Å². The van der Waals surface area contributed by atoms with Crippen molar-refractivity contribution in [3.63, 3.8) is 0 Å². The summed E-state index contributed by atoms with van der Waals surface area (Å²) in [6.45, 7) is 2.19. The third kappa shape index (κ3) is 2.14. The summed E-state index contributed by atoms with van der Waals surface area (Å²) in [5.74, 6) is -0.592. The van der Waals surface area contributed by atoms with E-state index in [1.165, 1.54) is 12.1 Å². The number of hydrogen-bond acceptors (Lipinski definition) is 2. The van der Waals surface area contributed by atoms with Crippen molar-refractivity contribution in [3.05, 3.63) is 35.6 Å². The number of nitrogens with zero attached hydrogens (tertiary/aromatic N) is 1. The van der Waals surface area contributed by atoms with Gasteiger partial charge in [-0.25, -0.2) is 4.39 Å². The fraction of sp³-hybridized carbons (Fsp3) is 0.533. The summed E-state index contributed by atoms with van der Waals surface area (Å²) >= 11 is 0. The number of rotatable bonds is 3. The Bertz CT molecular complexity index is 487. The van der Waals surface area contributed by atoms with E-state index in [1.807, 2.05) is 0 Å². The van der Waals surface area contributed by atoms with Crippen LogP contribution in [0.1, 0.15) is 24.8 Å².